The van der Waals surface area contributed by atoms with Crippen LogP contribution in [0, 0.1) is 23.0 Å². The fourth-order valence-corrected chi connectivity index (χ4v) is 3.07. The normalized spacial score (nSPS) is 10.7. The first-order valence-corrected chi connectivity index (χ1v) is 8.36. The minimum atomic E-state index is -1.31. The summed E-state index contributed by atoms with van der Waals surface area (Å²) in [7, 11) is 0. The van der Waals surface area contributed by atoms with E-state index in [2.05, 4.69) is 4.98 Å². The van der Waals surface area contributed by atoms with Crippen molar-refractivity contribution in [3.05, 3.63) is 58.0 Å². The molecule has 148 valence electrons. The maximum atomic E-state index is 13.5. The zero-order valence-corrected chi connectivity index (χ0v) is 15.2. The summed E-state index contributed by atoms with van der Waals surface area (Å²) in [6.07, 6.45) is 1.34. The Labute approximate surface area is 166 Å². The number of nitriles is 1. The van der Waals surface area contributed by atoms with E-state index in [1.54, 1.807) is 6.07 Å². The highest BCUT2D eigenvalue weighted by molar-refractivity contribution is 6.36. The largest absolute Gasteiger partial charge is 0.505 e. The van der Waals surface area contributed by atoms with Crippen LogP contribution in [0.25, 0.3) is 10.9 Å². The molecular weight excluding hydrogens is 410 g/mol. The van der Waals surface area contributed by atoms with Gasteiger partial charge in [-0.15, -0.1) is 0 Å². The molecule has 0 saturated heterocycles. The van der Waals surface area contributed by atoms with E-state index in [-0.39, 0.29) is 28.2 Å². The van der Waals surface area contributed by atoms with Crippen molar-refractivity contribution in [1.82, 2.24) is 14.9 Å². The molecule has 0 atom stereocenters. The van der Waals surface area contributed by atoms with E-state index in [0.29, 0.717) is 5.56 Å². The van der Waals surface area contributed by atoms with Gasteiger partial charge in [-0.05, 0) is 17.7 Å². The van der Waals surface area contributed by atoms with Gasteiger partial charge in [-0.1, -0.05) is 17.7 Å². The summed E-state index contributed by atoms with van der Waals surface area (Å²) >= 11 is 6.16. The van der Waals surface area contributed by atoms with E-state index in [1.807, 2.05) is 5.32 Å². The number of aromatic hydroxyl groups is 1. The van der Waals surface area contributed by atoms with Crippen molar-refractivity contribution in [2.45, 2.75) is 6.54 Å². The van der Waals surface area contributed by atoms with Gasteiger partial charge < -0.3 is 20.1 Å². The fraction of sp³-hybridized carbons (Fsp3) is 0.111. The number of benzene rings is 1. The highest BCUT2D eigenvalue weighted by Gasteiger charge is 2.24. The summed E-state index contributed by atoms with van der Waals surface area (Å²) in [5, 5.41) is 30.5. The molecule has 11 heteroatoms. The number of aliphatic carboxylic acids is 1. The molecule has 0 unspecified atom stereocenters. The number of carbonyl (C=O) groups is 2. The van der Waals surface area contributed by atoms with Gasteiger partial charge in [0.05, 0.1) is 15.9 Å². The van der Waals surface area contributed by atoms with E-state index >= 15 is 0 Å². The Morgan fingerprint density at radius 1 is 1.31 bits per heavy atom. The van der Waals surface area contributed by atoms with Gasteiger partial charge in [0.15, 0.2) is 28.8 Å². The molecule has 2 aromatic heterocycles. The van der Waals surface area contributed by atoms with Crippen LogP contribution in [0.5, 0.6) is 5.75 Å². The number of halogens is 3. The topological polar surface area (TPSA) is 128 Å². The smallest absolute Gasteiger partial charge is 0.322 e. The molecule has 0 fully saturated rings. The molecule has 8 nitrogen and oxygen atoms in total. The van der Waals surface area contributed by atoms with E-state index < -0.39 is 41.5 Å². The molecule has 3 aromatic rings. The van der Waals surface area contributed by atoms with Crippen LogP contribution in [0.3, 0.4) is 0 Å². The van der Waals surface area contributed by atoms with E-state index in [1.165, 1.54) is 16.8 Å². The molecule has 0 aliphatic rings. The molecule has 0 radical (unpaired) electrons. The lowest BCUT2D eigenvalue weighted by atomic mass is 10.1. The van der Waals surface area contributed by atoms with Crippen molar-refractivity contribution in [3.63, 3.8) is 0 Å². The molecule has 0 aliphatic heterocycles. The van der Waals surface area contributed by atoms with Crippen LogP contribution < -0.4 is 5.32 Å². The first-order valence-electron chi connectivity index (χ1n) is 7.98. The third-order valence-electron chi connectivity index (χ3n) is 4.00. The Balaban J connectivity index is 2.12. The van der Waals surface area contributed by atoms with Crippen LogP contribution in [0.4, 0.5) is 8.78 Å². The average Bonchev–Trinajstić information content (AvgIpc) is 3.00. The lowest BCUT2D eigenvalue weighted by molar-refractivity contribution is -0.135. The zero-order valence-electron chi connectivity index (χ0n) is 14.4. The van der Waals surface area contributed by atoms with Crippen LogP contribution in [-0.4, -0.2) is 38.2 Å². The van der Waals surface area contributed by atoms with Gasteiger partial charge in [0.25, 0.3) is 5.91 Å². The third kappa shape index (κ3) is 3.81. The molecular formula is C18H11ClF2N4O4. The van der Waals surface area contributed by atoms with Crippen molar-refractivity contribution in [1.29, 1.82) is 5.26 Å². The average molecular weight is 421 g/mol. The quantitative estimate of drug-likeness (QED) is 0.581. The van der Waals surface area contributed by atoms with Crippen LogP contribution >= 0.6 is 11.6 Å². The number of carboxylic acid groups (broad SMARTS) is 1. The lowest BCUT2D eigenvalue weighted by Gasteiger charge is -2.10. The molecule has 3 rings (SSSR count). The van der Waals surface area contributed by atoms with Gasteiger partial charge in [0.2, 0.25) is 0 Å². The molecule has 1 aromatic carbocycles. The number of fused-ring (bicyclic) bond motifs is 1. The van der Waals surface area contributed by atoms with Crippen LogP contribution in [-0.2, 0) is 11.3 Å². The maximum Gasteiger partial charge on any atom is 0.322 e. The maximum absolute atomic E-state index is 13.5. The highest BCUT2D eigenvalue weighted by atomic mass is 35.5. The standard InChI is InChI=1S/C18H11ClF2N4O4/c19-9-7-25(6-8-1-2-10(20)11(21)3-8)16-12(4-22)24-15(17(28)14(9)16)18(29)23-5-13(26)27/h1-3,7,28H,5-6H2,(H,23,29)(H,26,27). The van der Waals surface area contributed by atoms with Crippen LogP contribution in [0.2, 0.25) is 5.02 Å². The first-order chi connectivity index (χ1) is 13.7. The Bertz CT molecular complexity index is 1200. The number of nitrogens with zero attached hydrogens (tertiary/aromatic N) is 3. The summed E-state index contributed by atoms with van der Waals surface area (Å²) in [5.74, 6) is -5.03. The highest BCUT2D eigenvalue weighted by Crippen LogP contribution is 2.37. The van der Waals surface area contributed by atoms with Crippen molar-refractivity contribution in [2.75, 3.05) is 6.54 Å². The van der Waals surface area contributed by atoms with Gasteiger partial charge in [-0.25, -0.2) is 13.8 Å². The number of hydrogen-bond donors (Lipinski definition) is 3. The van der Waals surface area contributed by atoms with E-state index in [9.17, 15) is 28.7 Å². The SMILES string of the molecule is N#Cc1nc(C(=O)NCC(=O)O)c(O)c2c(Cl)cn(Cc3ccc(F)c(F)c3)c12. The summed E-state index contributed by atoms with van der Waals surface area (Å²) < 4.78 is 28.0. The van der Waals surface area contributed by atoms with Crippen LogP contribution in [0.15, 0.2) is 24.4 Å². The molecule has 29 heavy (non-hydrogen) atoms. The molecule has 1 amide bonds. The van der Waals surface area contributed by atoms with Crippen molar-refractivity contribution in [2.24, 2.45) is 0 Å². The van der Waals surface area contributed by atoms with Crippen LogP contribution in [0.1, 0.15) is 21.7 Å². The Kier molecular flexibility index (Phi) is 5.34. The van der Waals surface area contributed by atoms with Crippen molar-refractivity contribution in [3.8, 4) is 11.8 Å². The number of aromatic nitrogens is 2. The van der Waals surface area contributed by atoms with Gasteiger partial charge in [0.1, 0.15) is 12.6 Å². The number of carboxylic acids is 1. The summed E-state index contributed by atoms with van der Waals surface area (Å²) in [6, 6.07) is 5.05. The summed E-state index contributed by atoms with van der Waals surface area (Å²) in [4.78, 5) is 26.5. The monoisotopic (exact) mass is 420 g/mol. The number of nitrogens with one attached hydrogen (secondary N) is 1. The second kappa shape index (κ2) is 7.73. The van der Waals surface area contributed by atoms with Gasteiger partial charge in [-0.2, -0.15) is 5.26 Å². The zero-order chi connectivity index (χ0) is 21.3. The second-order valence-electron chi connectivity index (χ2n) is 5.92. The second-order valence-corrected chi connectivity index (χ2v) is 6.33. The number of carbonyl (C=O) groups excluding carboxylic acids is 1. The Morgan fingerprint density at radius 3 is 2.66 bits per heavy atom. The number of amides is 1. The van der Waals surface area contributed by atoms with Gasteiger partial charge in [-0.3, -0.25) is 9.59 Å². The Morgan fingerprint density at radius 2 is 2.03 bits per heavy atom. The molecule has 0 saturated carbocycles. The minimum Gasteiger partial charge on any atom is -0.505 e. The minimum absolute atomic E-state index is 0.0220. The van der Waals surface area contributed by atoms with E-state index in [0.717, 1.165) is 12.1 Å². The molecule has 0 spiro atoms. The molecule has 0 aliphatic carbocycles. The van der Waals surface area contributed by atoms with Crippen molar-refractivity contribution < 1.29 is 28.6 Å². The number of hydrogen-bond acceptors (Lipinski definition) is 5. The van der Waals surface area contributed by atoms with E-state index in [4.69, 9.17) is 16.7 Å². The lowest BCUT2D eigenvalue weighted by Crippen LogP contribution is -2.30. The van der Waals surface area contributed by atoms with Gasteiger partial charge >= 0.3 is 5.97 Å². The number of pyridine rings is 1. The predicted molar refractivity (Wildman–Crippen MR) is 96.6 cm³/mol. The van der Waals surface area contributed by atoms with Crippen molar-refractivity contribution >= 4 is 34.4 Å². The fourth-order valence-electron chi connectivity index (χ4n) is 2.77. The summed E-state index contributed by atoms with van der Waals surface area (Å²) in [5.41, 5.74) is -0.408. The van der Waals surface area contributed by atoms with Gasteiger partial charge in [0, 0.05) is 12.7 Å². The molecule has 2 heterocycles. The molecule has 0 bridgehead atoms. The third-order valence-corrected chi connectivity index (χ3v) is 4.29. The Hall–Kier alpha value is -3.71. The number of rotatable bonds is 5. The predicted octanol–water partition coefficient (Wildman–Crippen LogP) is 2.41. The molecule has 3 N–H and O–H groups in total. The summed E-state index contributed by atoms with van der Waals surface area (Å²) in [6.45, 7) is -0.745. The first kappa shape index (κ1) is 20.0.